The molecule has 0 aliphatic heterocycles. The first-order valence-electron chi connectivity index (χ1n) is 36.0. The van der Waals surface area contributed by atoms with E-state index in [0.29, 0.717) is 19.4 Å². The summed E-state index contributed by atoms with van der Waals surface area (Å²) in [4.78, 5) is 24.5. The molecule has 2 atom stereocenters. The standard InChI is InChI=1S/C72H141NO5/c1-3-5-7-9-11-13-15-17-18-37-41-44-48-52-56-60-64-70(75)69(68-74)73-71(76)65-61-57-53-49-45-42-38-35-33-31-29-27-25-23-21-19-20-22-24-26-28-30-32-34-36-39-43-47-51-55-59-63-67-78-72(77)66-62-58-54-50-46-40-16-14-12-10-8-6-4-2/h60,64,69-70,74-75H,3-59,61-63,65-68H2,1-2H3,(H,73,76)/b64-60+. The van der Waals surface area contributed by atoms with Gasteiger partial charge in [-0.15, -0.1) is 0 Å². The highest BCUT2D eigenvalue weighted by atomic mass is 16.5. The van der Waals surface area contributed by atoms with E-state index in [0.717, 1.165) is 38.5 Å². The van der Waals surface area contributed by atoms with E-state index in [1.807, 2.05) is 6.08 Å². The van der Waals surface area contributed by atoms with Crippen molar-refractivity contribution in [3.63, 3.8) is 0 Å². The van der Waals surface area contributed by atoms with E-state index in [-0.39, 0.29) is 18.5 Å². The number of nitrogens with one attached hydrogen (secondary N) is 1. The molecule has 0 rings (SSSR count). The van der Waals surface area contributed by atoms with Crippen molar-refractivity contribution in [3.8, 4) is 0 Å². The van der Waals surface area contributed by atoms with Crippen molar-refractivity contribution in [1.82, 2.24) is 5.32 Å². The Kier molecular flexibility index (Phi) is 66.9. The van der Waals surface area contributed by atoms with Gasteiger partial charge in [0.25, 0.3) is 0 Å². The van der Waals surface area contributed by atoms with Gasteiger partial charge in [-0.05, 0) is 32.1 Å². The summed E-state index contributed by atoms with van der Waals surface area (Å²) in [6, 6.07) is -0.623. The fourth-order valence-electron chi connectivity index (χ4n) is 11.6. The summed E-state index contributed by atoms with van der Waals surface area (Å²) in [7, 11) is 0. The molecule has 0 saturated heterocycles. The molecule has 0 aliphatic rings. The van der Waals surface area contributed by atoms with Gasteiger partial charge in [0.15, 0.2) is 0 Å². The molecule has 3 N–H and O–H groups in total. The number of rotatable bonds is 68. The number of hydrogen-bond acceptors (Lipinski definition) is 5. The summed E-state index contributed by atoms with van der Waals surface area (Å²) in [5.74, 6) is -0.0367. The third-order valence-electron chi connectivity index (χ3n) is 17.1. The monoisotopic (exact) mass is 1100 g/mol. The first-order valence-corrected chi connectivity index (χ1v) is 36.0. The maximum absolute atomic E-state index is 12.5. The van der Waals surface area contributed by atoms with Crippen LogP contribution < -0.4 is 5.32 Å². The SMILES string of the molecule is CCCCCCCCCCCCCCCC/C=C/C(O)C(CO)NC(=O)CCCCCCCCCCCCCCCCCCCCCCCCCCCCCCCCCCOC(=O)CCCCCCCCCCCCCCC. The van der Waals surface area contributed by atoms with Crippen LogP contribution in [0.1, 0.15) is 412 Å². The highest BCUT2D eigenvalue weighted by Gasteiger charge is 2.18. The first kappa shape index (κ1) is 76.6. The summed E-state index contributed by atoms with van der Waals surface area (Å²) < 4.78 is 5.49. The lowest BCUT2D eigenvalue weighted by atomic mass is 10.0. The lowest BCUT2D eigenvalue weighted by Crippen LogP contribution is -2.45. The normalized spacial score (nSPS) is 12.5. The third kappa shape index (κ3) is 63.8. The Hall–Kier alpha value is -1.40. The van der Waals surface area contributed by atoms with Crippen LogP contribution in [-0.4, -0.2) is 47.4 Å². The molecule has 0 aromatic rings. The highest BCUT2D eigenvalue weighted by molar-refractivity contribution is 5.76. The van der Waals surface area contributed by atoms with Crippen LogP contribution in [0.15, 0.2) is 12.2 Å². The Morgan fingerprint density at radius 3 is 0.872 bits per heavy atom. The van der Waals surface area contributed by atoms with E-state index >= 15 is 0 Å². The molecular formula is C72H141NO5. The molecule has 0 saturated carbocycles. The number of unbranched alkanes of at least 4 members (excludes halogenated alkanes) is 57. The number of esters is 1. The quantitative estimate of drug-likeness (QED) is 0.0320. The topological polar surface area (TPSA) is 95.9 Å². The van der Waals surface area contributed by atoms with Crippen molar-refractivity contribution in [2.24, 2.45) is 0 Å². The number of aliphatic hydroxyl groups excluding tert-OH is 2. The molecule has 0 bridgehead atoms. The summed E-state index contributed by atoms with van der Waals surface area (Å²) in [6.45, 7) is 4.95. The highest BCUT2D eigenvalue weighted by Crippen LogP contribution is 2.19. The summed E-state index contributed by atoms with van der Waals surface area (Å²) in [6.07, 6.45) is 84.5. The number of amides is 1. The van der Waals surface area contributed by atoms with E-state index < -0.39 is 12.1 Å². The molecule has 0 aromatic heterocycles. The van der Waals surface area contributed by atoms with Crippen molar-refractivity contribution >= 4 is 11.9 Å². The molecule has 2 unspecified atom stereocenters. The average Bonchev–Trinajstić information content (AvgIpc) is 3.44. The first-order chi connectivity index (χ1) is 38.5. The maximum atomic E-state index is 12.5. The van der Waals surface area contributed by atoms with Crippen LogP contribution in [0.3, 0.4) is 0 Å². The molecule has 6 heteroatoms. The van der Waals surface area contributed by atoms with Gasteiger partial charge in [0.05, 0.1) is 25.4 Å². The Morgan fingerprint density at radius 2 is 0.590 bits per heavy atom. The molecule has 0 spiro atoms. The van der Waals surface area contributed by atoms with Gasteiger partial charge in [0, 0.05) is 12.8 Å². The van der Waals surface area contributed by atoms with Gasteiger partial charge >= 0.3 is 5.97 Å². The number of hydrogen-bond donors (Lipinski definition) is 3. The lowest BCUT2D eigenvalue weighted by Gasteiger charge is -2.20. The summed E-state index contributed by atoms with van der Waals surface area (Å²) in [5.41, 5.74) is 0. The molecule has 0 aliphatic carbocycles. The van der Waals surface area contributed by atoms with Crippen LogP contribution in [0.4, 0.5) is 0 Å². The smallest absolute Gasteiger partial charge is 0.305 e. The Labute approximate surface area is 489 Å². The van der Waals surface area contributed by atoms with Gasteiger partial charge < -0.3 is 20.3 Å². The van der Waals surface area contributed by atoms with E-state index in [1.165, 1.54) is 347 Å². The van der Waals surface area contributed by atoms with Gasteiger partial charge in [0.2, 0.25) is 5.91 Å². The zero-order chi connectivity index (χ0) is 56.4. The largest absolute Gasteiger partial charge is 0.466 e. The van der Waals surface area contributed by atoms with E-state index in [1.54, 1.807) is 6.08 Å². The molecule has 0 radical (unpaired) electrons. The zero-order valence-electron chi connectivity index (χ0n) is 53.2. The predicted molar refractivity (Wildman–Crippen MR) is 343 cm³/mol. The number of ether oxygens (including phenoxy) is 1. The van der Waals surface area contributed by atoms with E-state index in [9.17, 15) is 19.8 Å². The Morgan fingerprint density at radius 1 is 0.346 bits per heavy atom. The molecule has 1 amide bonds. The van der Waals surface area contributed by atoms with Crippen molar-refractivity contribution in [3.05, 3.63) is 12.2 Å². The van der Waals surface area contributed by atoms with Gasteiger partial charge in [0.1, 0.15) is 0 Å². The predicted octanol–water partition coefficient (Wildman–Crippen LogP) is 23.1. The van der Waals surface area contributed by atoms with E-state index in [2.05, 4.69) is 19.2 Å². The minimum atomic E-state index is -0.840. The molecule has 0 fully saturated rings. The number of carbonyl (C=O) groups excluding carboxylic acids is 2. The van der Waals surface area contributed by atoms with Crippen LogP contribution in [0.2, 0.25) is 0 Å². The second kappa shape index (κ2) is 68.1. The van der Waals surface area contributed by atoms with Crippen LogP contribution in [-0.2, 0) is 14.3 Å². The molecular weight excluding hydrogens is 959 g/mol. The summed E-state index contributed by atoms with van der Waals surface area (Å²) >= 11 is 0. The fourth-order valence-corrected chi connectivity index (χ4v) is 11.6. The van der Waals surface area contributed by atoms with E-state index in [4.69, 9.17) is 4.74 Å². The Balaban J connectivity index is 3.33. The van der Waals surface area contributed by atoms with Crippen LogP contribution in [0.25, 0.3) is 0 Å². The maximum Gasteiger partial charge on any atom is 0.305 e. The van der Waals surface area contributed by atoms with Crippen LogP contribution in [0, 0.1) is 0 Å². The molecule has 0 heterocycles. The number of allylic oxidation sites excluding steroid dienone is 1. The Bertz CT molecular complexity index is 1180. The fraction of sp³-hybridized carbons (Fsp3) is 0.944. The van der Waals surface area contributed by atoms with Crippen molar-refractivity contribution in [1.29, 1.82) is 0 Å². The molecule has 0 aromatic carbocycles. The van der Waals surface area contributed by atoms with Crippen LogP contribution >= 0.6 is 0 Å². The van der Waals surface area contributed by atoms with Gasteiger partial charge in [-0.1, -0.05) is 379 Å². The van der Waals surface area contributed by atoms with Crippen molar-refractivity contribution in [2.45, 2.75) is 424 Å². The minimum absolute atomic E-state index is 0.0233. The van der Waals surface area contributed by atoms with Gasteiger partial charge in [-0.2, -0.15) is 0 Å². The second-order valence-corrected chi connectivity index (χ2v) is 24.9. The average molecular weight is 1100 g/mol. The molecule has 78 heavy (non-hydrogen) atoms. The number of aliphatic hydroxyl groups is 2. The molecule has 6 nitrogen and oxygen atoms in total. The second-order valence-electron chi connectivity index (χ2n) is 24.9. The third-order valence-corrected chi connectivity index (χ3v) is 17.1. The number of carbonyl (C=O) groups is 2. The van der Waals surface area contributed by atoms with Crippen molar-refractivity contribution < 1.29 is 24.5 Å². The van der Waals surface area contributed by atoms with Crippen molar-refractivity contribution in [2.75, 3.05) is 13.2 Å². The van der Waals surface area contributed by atoms with Gasteiger partial charge in [-0.3, -0.25) is 9.59 Å². The van der Waals surface area contributed by atoms with Gasteiger partial charge in [-0.25, -0.2) is 0 Å². The zero-order valence-corrected chi connectivity index (χ0v) is 53.2. The summed E-state index contributed by atoms with van der Waals surface area (Å²) in [5, 5.41) is 23.2. The molecule has 464 valence electrons. The minimum Gasteiger partial charge on any atom is -0.466 e. The van der Waals surface area contributed by atoms with Crippen LogP contribution in [0.5, 0.6) is 0 Å². The lowest BCUT2D eigenvalue weighted by molar-refractivity contribution is -0.143.